The zero-order chi connectivity index (χ0) is 18.2. The first kappa shape index (κ1) is 16.2. The Morgan fingerprint density at radius 1 is 0.519 bits per heavy atom. The van der Waals surface area contributed by atoms with E-state index in [1.807, 2.05) is 42.5 Å². The Labute approximate surface area is 165 Å². The van der Waals surface area contributed by atoms with Crippen LogP contribution in [0.3, 0.4) is 0 Å². The summed E-state index contributed by atoms with van der Waals surface area (Å²) >= 11 is 3.54. The minimum atomic E-state index is 0.906. The summed E-state index contributed by atoms with van der Waals surface area (Å²) in [6.45, 7) is 0. The smallest absolute Gasteiger partial charge is 0.0973 e. The summed E-state index contributed by atoms with van der Waals surface area (Å²) < 4.78 is 1.08. The summed E-state index contributed by atoms with van der Waals surface area (Å²) in [5.41, 5.74) is 5.77. The van der Waals surface area contributed by atoms with Crippen LogP contribution in [0, 0.1) is 0 Å². The van der Waals surface area contributed by atoms with E-state index in [1.165, 1.54) is 10.8 Å². The number of halogens is 1. The third-order valence-electron chi connectivity index (χ3n) is 4.69. The van der Waals surface area contributed by atoms with E-state index in [-0.39, 0.29) is 0 Å². The maximum Gasteiger partial charge on any atom is 0.0973 e. The summed E-state index contributed by atoms with van der Waals surface area (Å²) in [5.74, 6) is 0. The second-order valence-electron chi connectivity index (χ2n) is 6.48. The first-order valence-electron chi connectivity index (χ1n) is 8.80. The van der Waals surface area contributed by atoms with Gasteiger partial charge in [0.2, 0.25) is 0 Å². The molecule has 0 aliphatic rings. The number of rotatable bonds is 2. The molecule has 5 aromatic rings. The molecule has 0 aliphatic carbocycles. The fourth-order valence-electron chi connectivity index (χ4n) is 3.36. The highest BCUT2D eigenvalue weighted by Gasteiger charge is 2.13. The molecule has 0 atom stereocenters. The van der Waals surface area contributed by atoms with Gasteiger partial charge in [-0.25, -0.2) is 9.97 Å². The monoisotopic (exact) mass is 410 g/mol. The third-order valence-corrected chi connectivity index (χ3v) is 5.19. The molecular weight excluding hydrogens is 396 g/mol. The van der Waals surface area contributed by atoms with E-state index >= 15 is 0 Å². The quantitative estimate of drug-likeness (QED) is 0.316. The average molecular weight is 411 g/mol. The maximum atomic E-state index is 4.97. The standard InChI is InChI=1S/C24H15BrN2/c25-20-13-12-17-14-19(11-10-18(17)15-20)24-23(16-6-2-1-3-7-16)26-21-8-4-5-9-22(21)27-24/h1-15H. The van der Waals surface area contributed by atoms with E-state index in [2.05, 4.69) is 64.5 Å². The van der Waals surface area contributed by atoms with E-state index in [0.29, 0.717) is 0 Å². The van der Waals surface area contributed by atoms with Crippen molar-refractivity contribution in [2.75, 3.05) is 0 Å². The summed E-state index contributed by atoms with van der Waals surface area (Å²) in [7, 11) is 0. The van der Waals surface area contributed by atoms with E-state index in [0.717, 1.165) is 38.0 Å². The van der Waals surface area contributed by atoms with Crippen LogP contribution in [0.5, 0.6) is 0 Å². The fourth-order valence-corrected chi connectivity index (χ4v) is 3.74. The molecule has 1 aromatic heterocycles. The minimum Gasteiger partial charge on any atom is -0.244 e. The van der Waals surface area contributed by atoms with Crippen molar-refractivity contribution in [3.05, 3.63) is 95.5 Å². The molecule has 0 saturated heterocycles. The van der Waals surface area contributed by atoms with E-state index in [4.69, 9.17) is 9.97 Å². The SMILES string of the molecule is Brc1ccc2cc(-c3nc4ccccc4nc3-c3ccccc3)ccc2c1. The van der Waals surface area contributed by atoms with Crippen molar-refractivity contribution < 1.29 is 0 Å². The van der Waals surface area contributed by atoms with Crippen molar-refractivity contribution in [3.63, 3.8) is 0 Å². The van der Waals surface area contributed by atoms with E-state index in [9.17, 15) is 0 Å². The zero-order valence-corrected chi connectivity index (χ0v) is 16.0. The molecule has 2 nitrogen and oxygen atoms in total. The molecule has 128 valence electrons. The average Bonchev–Trinajstić information content (AvgIpc) is 2.73. The molecule has 27 heavy (non-hydrogen) atoms. The Kier molecular flexibility index (Phi) is 3.95. The van der Waals surface area contributed by atoms with Crippen LogP contribution in [-0.4, -0.2) is 9.97 Å². The molecule has 1 heterocycles. The molecule has 0 N–H and O–H groups in total. The zero-order valence-electron chi connectivity index (χ0n) is 14.4. The molecule has 4 aromatic carbocycles. The number of hydrogen-bond donors (Lipinski definition) is 0. The van der Waals surface area contributed by atoms with Crippen LogP contribution in [0.15, 0.2) is 95.5 Å². The second-order valence-corrected chi connectivity index (χ2v) is 7.40. The lowest BCUT2D eigenvalue weighted by Crippen LogP contribution is -1.95. The molecule has 0 spiro atoms. The molecule has 0 aliphatic heterocycles. The largest absolute Gasteiger partial charge is 0.244 e. The van der Waals surface area contributed by atoms with Gasteiger partial charge >= 0.3 is 0 Å². The van der Waals surface area contributed by atoms with E-state index in [1.54, 1.807) is 0 Å². The van der Waals surface area contributed by atoms with Crippen molar-refractivity contribution in [2.45, 2.75) is 0 Å². The number of hydrogen-bond acceptors (Lipinski definition) is 2. The summed E-state index contributed by atoms with van der Waals surface area (Å²) in [6, 6.07) is 31.1. The molecule has 0 bridgehead atoms. The van der Waals surface area contributed by atoms with Crippen LogP contribution in [-0.2, 0) is 0 Å². The summed E-state index contributed by atoms with van der Waals surface area (Å²) in [6.07, 6.45) is 0. The van der Waals surface area contributed by atoms with Gasteiger partial charge < -0.3 is 0 Å². The Morgan fingerprint density at radius 2 is 1.11 bits per heavy atom. The Hall–Kier alpha value is -3.04. The highest BCUT2D eigenvalue weighted by atomic mass is 79.9. The lowest BCUT2D eigenvalue weighted by Gasteiger charge is -2.11. The fraction of sp³-hybridized carbons (Fsp3) is 0. The van der Waals surface area contributed by atoms with Crippen molar-refractivity contribution in [1.82, 2.24) is 9.97 Å². The minimum absolute atomic E-state index is 0.906. The van der Waals surface area contributed by atoms with Crippen molar-refractivity contribution >= 4 is 37.7 Å². The van der Waals surface area contributed by atoms with Crippen LogP contribution in [0.2, 0.25) is 0 Å². The van der Waals surface area contributed by atoms with Gasteiger partial charge in [0.05, 0.1) is 22.4 Å². The lowest BCUT2D eigenvalue weighted by molar-refractivity contribution is 1.29. The first-order chi connectivity index (χ1) is 13.3. The predicted octanol–water partition coefficient (Wildman–Crippen LogP) is 6.88. The second kappa shape index (κ2) is 6.60. The van der Waals surface area contributed by atoms with Gasteiger partial charge in [-0.15, -0.1) is 0 Å². The first-order valence-corrected chi connectivity index (χ1v) is 9.59. The van der Waals surface area contributed by atoms with Crippen molar-refractivity contribution in [3.8, 4) is 22.5 Å². The summed E-state index contributed by atoms with van der Waals surface area (Å²) in [4.78, 5) is 9.92. The summed E-state index contributed by atoms with van der Waals surface area (Å²) in [5, 5.41) is 2.38. The molecule has 3 heteroatoms. The highest BCUT2D eigenvalue weighted by molar-refractivity contribution is 9.10. The van der Waals surface area contributed by atoms with Crippen molar-refractivity contribution in [2.24, 2.45) is 0 Å². The van der Waals surface area contributed by atoms with Crippen molar-refractivity contribution in [1.29, 1.82) is 0 Å². The molecule has 0 saturated carbocycles. The molecule has 0 fully saturated rings. The van der Waals surface area contributed by atoms with Gasteiger partial charge in [-0.1, -0.05) is 76.6 Å². The molecule has 0 amide bonds. The van der Waals surface area contributed by atoms with Gasteiger partial charge in [-0.05, 0) is 41.1 Å². The lowest BCUT2D eigenvalue weighted by atomic mass is 10.0. The van der Waals surface area contributed by atoms with Gasteiger partial charge in [0.1, 0.15) is 0 Å². The molecule has 0 unspecified atom stereocenters. The van der Waals surface area contributed by atoms with Crippen LogP contribution < -0.4 is 0 Å². The maximum absolute atomic E-state index is 4.97. The van der Waals surface area contributed by atoms with Gasteiger partial charge in [-0.3, -0.25) is 0 Å². The Bertz CT molecular complexity index is 1280. The van der Waals surface area contributed by atoms with Gasteiger partial charge in [0.15, 0.2) is 0 Å². The number of fused-ring (bicyclic) bond motifs is 2. The van der Waals surface area contributed by atoms with Crippen LogP contribution in [0.1, 0.15) is 0 Å². The van der Waals surface area contributed by atoms with Gasteiger partial charge in [-0.2, -0.15) is 0 Å². The molecule has 0 radical (unpaired) electrons. The van der Waals surface area contributed by atoms with Crippen LogP contribution >= 0.6 is 15.9 Å². The van der Waals surface area contributed by atoms with Crippen LogP contribution in [0.25, 0.3) is 44.3 Å². The van der Waals surface area contributed by atoms with Gasteiger partial charge in [0, 0.05) is 15.6 Å². The topological polar surface area (TPSA) is 25.8 Å². The highest BCUT2D eigenvalue weighted by Crippen LogP contribution is 2.33. The molecule has 5 rings (SSSR count). The van der Waals surface area contributed by atoms with Crippen LogP contribution in [0.4, 0.5) is 0 Å². The normalized spacial score (nSPS) is 11.1. The predicted molar refractivity (Wildman–Crippen MR) is 116 cm³/mol. The molecular formula is C24H15BrN2. The Balaban J connectivity index is 1.79. The van der Waals surface area contributed by atoms with Gasteiger partial charge in [0.25, 0.3) is 0 Å². The Morgan fingerprint density at radius 3 is 1.85 bits per heavy atom. The number of aromatic nitrogens is 2. The number of nitrogens with zero attached hydrogens (tertiary/aromatic N) is 2. The third kappa shape index (κ3) is 3.00. The number of para-hydroxylation sites is 2. The number of benzene rings is 4. The van der Waals surface area contributed by atoms with E-state index < -0.39 is 0 Å².